The van der Waals surface area contributed by atoms with Crippen LogP contribution < -0.4 is 9.50 Å². The Morgan fingerprint density at radius 3 is 2.14 bits per heavy atom. The van der Waals surface area contributed by atoms with Crippen molar-refractivity contribution >= 4 is 33.4 Å². The number of aromatic hydroxyl groups is 1. The maximum absolute atomic E-state index is 13.7. The number of amides is 1. The van der Waals surface area contributed by atoms with E-state index in [1.54, 1.807) is 5.32 Å². The molecular formula is C29H25F6NO12S. The van der Waals surface area contributed by atoms with Gasteiger partial charge in [-0.15, -0.1) is 0 Å². The number of alkyl halides is 6. The van der Waals surface area contributed by atoms with Crippen LogP contribution in [0.1, 0.15) is 75.8 Å². The molecule has 0 aromatic heterocycles. The maximum atomic E-state index is 13.7. The van der Waals surface area contributed by atoms with Crippen molar-refractivity contribution in [3.05, 3.63) is 57.6 Å². The van der Waals surface area contributed by atoms with Crippen LogP contribution in [0.3, 0.4) is 0 Å². The van der Waals surface area contributed by atoms with Crippen molar-refractivity contribution in [1.82, 2.24) is 5.32 Å². The fraction of sp³-hybridized carbons (Fsp3) is 0.448. The summed E-state index contributed by atoms with van der Waals surface area (Å²) in [6.45, 7) is 2.02. The van der Waals surface area contributed by atoms with Gasteiger partial charge in [-0.2, -0.15) is 34.8 Å². The molecule has 1 aliphatic heterocycles. The lowest BCUT2D eigenvalue weighted by Crippen LogP contribution is -2.57. The number of benzene rings is 2. The van der Waals surface area contributed by atoms with Crippen LogP contribution in [0.5, 0.6) is 11.5 Å². The molecule has 13 nitrogen and oxygen atoms in total. The number of hydrogen-bond acceptors (Lipinski definition) is 12. The summed E-state index contributed by atoms with van der Waals surface area (Å²) in [6.07, 6.45) is -14.8. The summed E-state index contributed by atoms with van der Waals surface area (Å²) in [5.74, 6) is -8.48. The number of carbonyl (C=O) groups is 4. The average Bonchev–Trinajstić information content (AvgIpc) is 2.98. The van der Waals surface area contributed by atoms with Crippen molar-refractivity contribution in [2.45, 2.75) is 81.0 Å². The second kappa shape index (κ2) is 12.0. The van der Waals surface area contributed by atoms with Crippen LogP contribution in [0.25, 0.3) is 0 Å². The highest BCUT2D eigenvalue weighted by atomic mass is 32.2. The van der Waals surface area contributed by atoms with Gasteiger partial charge in [-0.3, -0.25) is 19.2 Å². The van der Waals surface area contributed by atoms with E-state index in [1.165, 1.54) is 19.1 Å². The van der Waals surface area contributed by atoms with Crippen LogP contribution in [0.15, 0.2) is 24.3 Å². The van der Waals surface area contributed by atoms with E-state index in [0.717, 1.165) is 19.1 Å². The third-order valence-corrected chi connectivity index (χ3v) is 9.43. The van der Waals surface area contributed by atoms with Crippen LogP contribution >= 0.6 is 0 Å². The lowest BCUT2D eigenvalue weighted by atomic mass is 9.72. The fourth-order valence-corrected chi connectivity index (χ4v) is 6.51. The van der Waals surface area contributed by atoms with E-state index in [4.69, 9.17) is 9.47 Å². The quantitative estimate of drug-likeness (QED) is 0.164. The number of fused-ring (bicyclic) bond motifs is 3. The van der Waals surface area contributed by atoms with Gasteiger partial charge in [0.1, 0.15) is 17.5 Å². The largest absolute Gasteiger partial charge is 0.534 e. The number of Topliss-reactive ketones (excluding diaryl/α,β-unsaturated/α-hetero) is 1. The van der Waals surface area contributed by atoms with E-state index >= 15 is 0 Å². The smallest absolute Gasteiger partial charge is 0.507 e. The number of carbonyl (C=O) groups excluding carboxylic acids is 4. The Labute approximate surface area is 271 Å². The maximum Gasteiger partial charge on any atom is 0.534 e. The minimum absolute atomic E-state index is 0.338. The summed E-state index contributed by atoms with van der Waals surface area (Å²) in [5, 5.41) is 34.8. The molecule has 1 saturated heterocycles. The Morgan fingerprint density at radius 1 is 1.04 bits per heavy atom. The van der Waals surface area contributed by atoms with Crippen molar-refractivity contribution in [3.63, 3.8) is 0 Å². The standard InChI is InChI=1S/C29H25F6NO12S/c1-10-21(38)15(36-26(42)28(30,31)32)7-17(46-10)47-16-9-27(43,11(2)37)8-14-18(16)24(41)19-20(25(14)48-49(44,45)29(33,34)35)23(40)13-6-4-3-5-12(13)22(19)39/h3-6,10,15-17,21,38,41,43H,7-9H2,1-2H3,(H,36,42)/t10-,15-,16-,17-,21+,27-/m0/s1. The van der Waals surface area contributed by atoms with E-state index in [2.05, 4.69) is 4.18 Å². The lowest BCUT2D eigenvalue weighted by molar-refractivity contribution is -0.250. The molecule has 0 bridgehead atoms. The number of phenols is 1. The van der Waals surface area contributed by atoms with Gasteiger partial charge in [-0.05, 0) is 13.8 Å². The van der Waals surface area contributed by atoms with Crippen LogP contribution in [0, 0.1) is 0 Å². The second-order valence-electron chi connectivity index (χ2n) is 11.7. The summed E-state index contributed by atoms with van der Waals surface area (Å²) >= 11 is 0. The van der Waals surface area contributed by atoms with Crippen molar-refractivity contribution < 1.29 is 82.9 Å². The molecule has 3 aliphatic rings. The molecular weight excluding hydrogens is 700 g/mol. The van der Waals surface area contributed by atoms with Crippen molar-refractivity contribution in [2.24, 2.45) is 0 Å². The van der Waals surface area contributed by atoms with Gasteiger partial charge >= 0.3 is 27.7 Å². The molecule has 266 valence electrons. The third-order valence-electron chi connectivity index (χ3n) is 8.48. The molecule has 2 aliphatic carbocycles. The topological polar surface area (TPSA) is 203 Å². The van der Waals surface area contributed by atoms with Crippen molar-refractivity contribution in [3.8, 4) is 11.5 Å². The zero-order valence-corrected chi connectivity index (χ0v) is 25.8. The summed E-state index contributed by atoms with van der Waals surface area (Å²) in [7, 11) is -6.63. The van der Waals surface area contributed by atoms with Crippen molar-refractivity contribution in [1.29, 1.82) is 0 Å². The first kappa shape index (κ1) is 36.2. The predicted molar refractivity (Wildman–Crippen MR) is 148 cm³/mol. The zero-order valence-electron chi connectivity index (χ0n) is 25.0. The first-order valence-corrected chi connectivity index (χ1v) is 15.6. The Balaban J connectivity index is 1.71. The molecule has 20 heteroatoms. The number of aliphatic hydroxyl groups excluding tert-OH is 1. The summed E-state index contributed by atoms with van der Waals surface area (Å²) in [5.41, 5.74) is -13.2. The summed E-state index contributed by atoms with van der Waals surface area (Å²) in [6, 6.07) is 3.16. The normalized spacial score (nSPS) is 27.1. The molecule has 1 fully saturated rings. The van der Waals surface area contributed by atoms with E-state index in [-0.39, 0.29) is 5.56 Å². The molecule has 4 N–H and O–H groups in total. The Morgan fingerprint density at radius 2 is 1.61 bits per heavy atom. The molecule has 2 aromatic carbocycles. The molecule has 2 aromatic rings. The van der Waals surface area contributed by atoms with Crippen molar-refractivity contribution in [2.75, 3.05) is 0 Å². The summed E-state index contributed by atoms with van der Waals surface area (Å²) < 4.78 is 120. The first-order chi connectivity index (χ1) is 22.5. The molecule has 0 saturated carbocycles. The van der Waals surface area contributed by atoms with Gasteiger partial charge in [0.05, 0.1) is 29.4 Å². The van der Waals surface area contributed by atoms with Crippen LogP contribution in [0.4, 0.5) is 26.3 Å². The van der Waals surface area contributed by atoms with Gasteiger partial charge < -0.3 is 34.3 Å². The van der Waals surface area contributed by atoms with Gasteiger partial charge in [0.25, 0.3) is 0 Å². The Bertz CT molecular complexity index is 1880. The first-order valence-electron chi connectivity index (χ1n) is 14.2. The minimum atomic E-state index is -6.63. The molecule has 6 atom stereocenters. The highest BCUT2D eigenvalue weighted by molar-refractivity contribution is 7.88. The van der Waals surface area contributed by atoms with Crippen LogP contribution in [0.2, 0.25) is 0 Å². The average molecular weight is 726 g/mol. The lowest BCUT2D eigenvalue weighted by Gasteiger charge is -2.43. The van der Waals surface area contributed by atoms with Gasteiger partial charge in [0.2, 0.25) is 0 Å². The number of ether oxygens (including phenoxy) is 2. The number of hydrogen-bond donors (Lipinski definition) is 4. The second-order valence-corrected chi connectivity index (χ2v) is 13.2. The Hall–Kier alpha value is -4.11. The Kier molecular flexibility index (Phi) is 8.89. The molecule has 0 spiro atoms. The number of nitrogens with one attached hydrogen (secondary N) is 1. The van der Waals surface area contributed by atoms with E-state index in [1.807, 2.05) is 0 Å². The zero-order chi connectivity index (χ0) is 36.6. The fourth-order valence-electron chi connectivity index (χ4n) is 6.01. The van der Waals surface area contributed by atoms with Gasteiger partial charge in [-0.1, -0.05) is 24.3 Å². The number of aliphatic hydroxyl groups is 2. The molecule has 5 rings (SSSR count). The molecule has 0 radical (unpaired) electrons. The van der Waals surface area contributed by atoms with E-state index < -0.39 is 140 Å². The summed E-state index contributed by atoms with van der Waals surface area (Å²) in [4.78, 5) is 51.6. The van der Waals surface area contributed by atoms with Gasteiger partial charge in [0.15, 0.2) is 29.4 Å². The molecule has 0 unspecified atom stereocenters. The third kappa shape index (κ3) is 6.26. The van der Waals surface area contributed by atoms with Crippen LogP contribution in [-0.2, 0) is 35.6 Å². The molecule has 1 amide bonds. The SMILES string of the molecule is CC(=O)[C@]1(O)Cc2c(OS(=O)(=O)C(F)(F)F)c3c(c(O)c2[C@@H](O[C@H]2C[C@H](NC(=O)C(F)(F)F)[C@H](O)[C@H](C)O2)C1)C(=O)c1ccccc1C3=O. The van der Waals surface area contributed by atoms with Gasteiger partial charge in [-0.25, -0.2) is 0 Å². The molecule has 49 heavy (non-hydrogen) atoms. The molecule has 1 heterocycles. The highest BCUT2D eigenvalue weighted by Gasteiger charge is 2.54. The monoisotopic (exact) mass is 725 g/mol. The predicted octanol–water partition coefficient (Wildman–Crippen LogP) is 2.26. The number of ketones is 3. The van der Waals surface area contributed by atoms with Gasteiger partial charge in [0, 0.05) is 41.5 Å². The number of halogens is 6. The number of rotatable bonds is 6. The number of phenolic OH excluding ortho intramolecular Hbond substituents is 1. The van der Waals surface area contributed by atoms with E-state index in [0.29, 0.717) is 0 Å². The minimum Gasteiger partial charge on any atom is -0.507 e. The highest BCUT2D eigenvalue weighted by Crippen LogP contribution is 2.53. The van der Waals surface area contributed by atoms with E-state index in [9.17, 15) is 69.3 Å². The van der Waals surface area contributed by atoms with Crippen LogP contribution in [-0.4, -0.2) is 88.8 Å².